The molecule has 2 aliphatic rings. The fraction of sp³-hybridized carbons (Fsp3) is 0.867. The van der Waals surface area contributed by atoms with E-state index in [1.807, 2.05) is 6.92 Å². The van der Waals surface area contributed by atoms with Crippen LogP contribution in [0.2, 0.25) is 0 Å². The van der Waals surface area contributed by atoms with Crippen LogP contribution in [0, 0.1) is 5.41 Å². The van der Waals surface area contributed by atoms with Crippen molar-refractivity contribution in [2.75, 3.05) is 26.7 Å². The van der Waals surface area contributed by atoms with Crippen LogP contribution < -0.4 is 16.4 Å². The van der Waals surface area contributed by atoms with Gasteiger partial charge >= 0.3 is 0 Å². The molecule has 0 aromatic heterocycles. The molecular weight excluding hydrogens is 268 g/mol. The van der Waals surface area contributed by atoms with E-state index >= 15 is 0 Å². The maximum atomic E-state index is 12.5. The summed E-state index contributed by atoms with van der Waals surface area (Å²) in [4.78, 5) is 26.0. The minimum absolute atomic E-state index is 0.0224. The molecule has 2 fully saturated rings. The highest BCUT2D eigenvalue weighted by Crippen LogP contribution is 2.37. The van der Waals surface area contributed by atoms with Gasteiger partial charge in [-0.25, -0.2) is 0 Å². The Labute approximate surface area is 126 Å². The Balaban J connectivity index is 1.78. The third-order valence-corrected chi connectivity index (χ3v) is 5.12. The molecule has 1 saturated heterocycles. The van der Waals surface area contributed by atoms with Crippen LogP contribution in [0.3, 0.4) is 0 Å². The molecule has 21 heavy (non-hydrogen) atoms. The van der Waals surface area contributed by atoms with E-state index in [1.165, 1.54) is 0 Å². The second kappa shape index (κ2) is 6.75. The van der Waals surface area contributed by atoms with E-state index in [1.54, 1.807) is 7.05 Å². The Morgan fingerprint density at radius 1 is 1.29 bits per heavy atom. The van der Waals surface area contributed by atoms with Crippen molar-refractivity contribution in [3.63, 3.8) is 0 Å². The molecule has 0 radical (unpaired) electrons. The topological polar surface area (TPSA) is 87.5 Å². The van der Waals surface area contributed by atoms with Crippen molar-refractivity contribution in [3.05, 3.63) is 0 Å². The van der Waals surface area contributed by atoms with Crippen molar-refractivity contribution in [2.24, 2.45) is 11.1 Å². The van der Waals surface area contributed by atoms with Crippen LogP contribution in [0.25, 0.3) is 0 Å². The Morgan fingerprint density at radius 2 is 1.95 bits per heavy atom. The molecular formula is C15H28N4O2. The average Bonchev–Trinajstić information content (AvgIpc) is 2.82. The summed E-state index contributed by atoms with van der Waals surface area (Å²) in [6, 6.07) is 0.189. The predicted molar refractivity (Wildman–Crippen MR) is 81.6 cm³/mol. The van der Waals surface area contributed by atoms with Crippen molar-refractivity contribution < 1.29 is 9.59 Å². The lowest BCUT2D eigenvalue weighted by Crippen LogP contribution is -2.53. The summed E-state index contributed by atoms with van der Waals surface area (Å²) in [5.74, 6) is 0.152. The average molecular weight is 296 g/mol. The Hall–Kier alpha value is -1.14. The Morgan fingerprint density at radius 3 is 2.48 bits per heavy atom. The van der Waals surface area contributed by atoms with E-state index in [4.69, 9.17) is 5.73 Å². The number of nitrogens with zero attached hydrogens (tertiary/aromatic N) is 1. The number of hydrogen-bond donors (Lipinski definition) is 3. The van der Waals surface area contributed by atoms with Crippen LogP contribution in [0.4, 0.5) is 0 Å². The number of hydrogen-bond acceptors (Lipinski definition) is 4. The zero-order valence-electron chi connectivity index (χ0n) is 13.2. The van der Waals surface area contributed by atoms with E-state index < -0.39 is 5.41 Å². The minimum Gasteiger partial charge on any atom is -0.358 e. The van der Waals surface area contributed by atoms with Gasteiger partial charge in [0.1, 0.15) is 0 Å². The van der Waals surface area contributed by atoms with Gasteiger partial charge in [0.15, 0.2) is 0 Å². The summed E-state index contributed by atoms with van der Waals surface area (Å²) < 4.78 is 0. The highest BCUT2D eigenvalue weighted by molar-refractivity contribution is 5.83. The summed E-state index contributed by atoms with van der Waals surface area (Å²) in [5.41, 5.74) is 5.69. The molecule has 120 valence electrons. The largest absolute Gasteiger partial charge is 0.358 e. The molecule has 6 nitrogen and oxygen atoms in total. The van der Waals surface area contributed by atoms with Gasteiger partial charge in [-0.3, -0.25) is 14.5 Å². The lowest BCUT2D eigenvalue weighted by atomic mass is 9.83. The third kappa shape index (κ3) is 3.74. The minimum atomic E-state index is -0.404. The molecule has 6 heteroatoms. The SMILES string of the molecule is CNC(=O)CN1CCC(NC(=O)C2(C)CCCC2N)CC1. The number of amides is 2. The smallest absolute Gasteiger partial charge is 0.233 e. The summed E-state index contributed by atoms with van der Waals surface area (Å²) in [7, 11) is 1.65. The lowest BCUT2D eigenvalue weighted by Gasteiger charge is -2.35. The number of likely N-dealkylation sites (tertiary alicyclic amines) is 1. The molecule has 0 aromatic carbocycles. The first kappa shape index (κ1) is 16.2. The number of carbonyl (C=O) groups excluding carboxylic acids is 2. The number of carbonyl (C=O) groups is 2. The molecule has 0 spiro atoms. The second-order valence-electron chi connectivity index (χ2n) is 6.61. The summed E-state index contributed by atoms with van der Waals surface area (Å²) in [6.45, 7) is 4.13. The summed E-state index contributed by atoms with van der Waals surface area (Å²) in [5, 5.41) is 5.81. The van der Waals surface area contributed by atoms with Gasteiger partial charge in [0, 0.05) is 32.2 Å². The highest BCUT2D eigenvalue weighted by atomic mass is 16.2. The van der Waals surface area contributed by atoms with Crippen LogP contribution in [-0.2, 0) is 9.59 Å². The van der Waals surface area contributed by atoms with E-state index in [-0.39, 0.29) is 23.9 Å². The fourth-order valence-corrected chi connectivity index (χ4v) is 3.34. The maximum Gasteiger partial charge on any atom is 0.233 e. The zero-order chi connectivity index (χ0) is 15.5. The zero-order valence-corrected chi connectivity index (χ0v) is 13.2. The molecule has 2 amide bonds. The second-order valence-corrected chi connectivity index (χ2v) is 6.61. The van der Waals surface area contributed by atoms with Crippen molar-refractivity contribution in [2.45, 2.75) is 51.1 Å². The van der Waals surface area contributed by atoms with Gasteiger partial charge in [0.2, 0.25) is 11.8 Å². The van der Waals surface area contributed by atoms with Crippen LogP contribution in [0.5, 0.6) is 0 Å². The number of nitrogens with two attached hydrogens (primary N) is 1. The Bertz CT molecular complexity index is 393. The van der Waals surface area contributed by atoms with E-state index in [0.29, 0.717) is 6.54 Å². The lowest BCUT2D eigenvalue weighted by molar-refractivity contribution is -0.132. The molecule has 0 aromatic rings. The number of rotatable bonds is 4. The first-order valence-corrected chi connectivity index (χ1v) is 7.95. The standard InChI is InChI=1S/C15H28N4O2/c1-15(7-3-4-12(15)16)14(21)18-11-5-8-19(9-6-11)10-13(20)17-2/h11-12H,3-10,16H2,1-2H3,(H,17,20)(H,18,21). The van der Waals surface area contributed by atoms with Gasteiger partial charge in [-0.15, -0.1) is 0 Å². The molecule has 4 N–H and O–H groups in total. The third-order valence-electron chi connectivity index (χ3n) is 5.12. The number of likely N-dealkylation sites (N-methyl/N-ethyl adjacent to an activating group) is 1. The number of piperidine rings is 1. The summed E-state index contributed by atoms with van der Waals surface area (Å²) in [6.07, 6.45) is 4.65. The highest BCUT2D eigenvalue weighted by Gasteiger charge is 2.43. The first-order chi connectivity index (χ1) is 9.95. The van der Waals surface area contributed by atoms with Crippen LogP contribution >= 0.6 is 0 Å². The molecule has 0 bridgehead atoms. The molecule has 2 rings (SSSR count). The monoisotopic (exact) mass is 296 g/mol. The molecule has 1 aliphatic carbocycles. The van der Waals surface area contributed by atoms with Crippen LogP contribution in [0.1, 0.15) is 39.0 Å². The molecule has 1 heterocycles. The van der Waals surface area contributed by atoms with Gasteiger partial charge < -0.3 is 16.4 Å². The normalized spacial score (nSPS) is 31.1. The van der Waals surface area contributed by atoms with Crippen molar-refractivity contribution in [3.8, 4) is 0 Å². The van der Waals surface area contributed by atoms with Crippen LogP contribution in [-0.4, -0.2) is 55.5 Å². The van der Waals surface area contributed by atoms with Gasteiger partial charge in [0.25, 0.3) is 0 Å². The van der Waals surface area contributed by atoms with E-state index in [2.05, 4.69) is 15.5 Å². The number of nitrogens with one attached hydrogen (secondary N) is 2. The molecule has 2 unspecified atom stereocenters. The Kier molecular flexibility index (Phi) is 5.22. The summed E-state index contributed by atoms with van der Waals surface area (Å²) >= 11 is 0. The van der Waals surface area contributed by atoms with Gasteiger partial charge in [-0.2, -0.15) is 0 Å². The van der Waals surface area contributed by atoms with Crippen molar-refractivity contribution in [1.82, 2.24) is 15.5 Å². The maximum absolute atomic E-state index is 12.5. The quantitative estimate of drug-likeness (QED) is 0.672. The van der Waals surface area contributed by atoms with Crippen molar-refractivity contribution >= 4 is 11.8 Å². The van der Waals surface area contributed by atoms with Crippen molar-refractivity contribution in [1.29, 1.82) is 0 Å². The van der Waals surface area contributed by atoms with Gasteiger partial charge in [0.05, 0.1) is 12.0 Å². The van der Waals surface area contributed by atoms with Gasteiger partial charge in [-0.05, 0) is 32.6 Å². The predicted octanol–water partition coefficient (Wildman–Crippen LogP) is -0.169. The fourth-order valence-electron chi connectivity index (χ4n) is 3.34. The van der Waals surface area contributed by atoms with E-state index in [0.717, 1.165) is 45.2 Å². The molecule has 1 aliphatic heterocycles. The van der Waals surface area contributed by atoms with Gasteiger partial charge in [-0.1, -0.05) is 6.42 Å². The van der Waals surface area contributed by atoms with Crippen LogP contribution in [0.15, 0.2) is 0 Å². The first-order valence-electron chi connectivity index (χ1n) is 7.95. The van der Waals surface area contributed by atoms with E-state index in [9.17, 15) is 9.59 Å². The molecule has 2 atom stereocenters. The molecule has 1 saturated carbocycles.